The molecule has 1 heterocycles. The molecule has 0 aromatic heterocycles. The van der Waals surface area contributed by atoms with E-state index in [-0.39, 0.29) is 5.57 Å². The van der Waals surface area contributed by atoms with Crippen molar-refractivity contribution >= 4 is 0 Å². The van der Waals surface area contributed by atoms with E-state index in [2.05, 4.69) is 0 Å². The number of benzene rings is 1. The Bertz CT molecular complexity index is 946. The van der Waals surface area contributed by atoms with Gasteiger partial charge in [-0.2, -0.15) is 15.8 Å². The molecule has 0 saturated carbocycles. The van der Waals surface area contributed by atoms with E-state index < -0.39 is 57.2 Å². The van der Waals surface area contributed by atoms with Crippen LogP contribution in [0.5, 0.6) is 0 Å². The van der Waals surface area contributed by atoms with Crippen molar-refractivity contribution in [3.63, 3.8) is 0 Å². The van der Waals surface area contributed by atoms with Gasteiger partial charge in [-0.25, -0.2) is 22.0 Å². The van der Waals surface area contributed by atoms with Gasteiger partial charge in [0.05, 0.1) is 11.1 Å². The Morgan fingerprint density at radius 3 is 1.72 bits per heavy atom. The van der Waals surface area contributed by atoms with Gasteiger partial charge in [0.1, 0.15) is 18.2 Å². The van der Waals surface area contributed by atoms with Crippen LogP contribution < -0.4 is 0 Å². The van der Waals surface area contributed by atoms with Crippen molar-refractivity contribution in [2.24, 2.45) is 0 Å². The summed E-state index contributed by atoms with van der Waals surface area (Å²) in [7, 11) is 0. The number of halogens is 5. The Hall–Kier alpha value is -3.38. The summed E-state index contributed by atoms with van der Waals surface area (Å²) in [4.78, 5) is 0. The molecule has 0 aliphatic carbocycles. The van der Waals surface area contributed by atoms with Crippen LogP contribution in [0, 0.1) is 63.1 Å². The van der Waals surface area contributed by atoms with Crippen LogP contribution >= 0.6 is 0 Å². The van der Waals surface area contributed by atoms with Gasteiger partial charge < -0.3 is 4.74 Å². The summed E-state index contributed by atoms with van der Waals surface area (Å²) in [6.07, 6.45) is 0. The molecular weight excluding hydrogens is 345 g/mol. The second-order valence-corrected chi connectivity index (χ2v) is 5.12. The minimum Gasteiger partial charge on any atom is -0.475 e. The van der Waals surface area contributed by atoms with Crippen LogP contribution in [0.3, 0.4) is 0 Å². The van der Waals surface area contributed by atoms with E-state index in [0.29, 0.717) is 0 Å². The summed E-state index contributed by atoms with van der Waals surface area (Å²) in [6.45, 7) is 2.13. The number of rotatable bonds is 1. The van der Waals surface area contributed by atoms with E-state index in [0.717, 1.165) is 13.8 Å². The largest absolute Gasteiger partial charge is 0.475 e. The number of hydrogen-bond acceptors (Lipinski definition) is 4. The highest BCUT2D eigenvalue weighted by molar-refractivity contribution is 5.59. The maximum Gasteiger partial charge on any atom is 0.200 e. The highest BCUT2D eigenvalue weighted by Gasteiger charge is 2.48. The molecule has 2 rings (SSSR count). The minimum absolute atomic E-state index is 0.212. The lowest BCUT2D eigenvalue weighted by molar-refractivity contribution is 0.0633. The predicted octanol–water partition coefficient (Wildman–Crippen LogP) is 3.77. The maximum atomic E-state index is 14.1. The van der Waals surface area contributed by atoms with Crippen LogP contribution in [0.2, 0.25) is 0 Å². The standard InChI is InChI=1S/C16H6F5N3O/c1-6-8(5-24)15(7(3-22)4-23)25-16(6,2)9-10(17)12(19)14(21)13(20)11(9)18/h1-2H3. The number of allylic oxidation sites excluding steroid dienone is 2. The number of nitrogens with zero attached hydrogens (tertiary/aromatic N) is 3. The molecule has 0 saturated heterocycles. The van der Waals surface area contributed by atoms with Gasteiger partial charge >= 0.3 is 0 Å². The summed E-state index contributed by atoms with van der Waals surface area (Å²) in [5, 5.41) is 27.0. The first-order valence-corrected chi connectivity index (χ1v) is 6.52. The summed E-state index contributed by atoms with van der Waals surface area (Å²) in [6, 6.07) is 4.49. The Kier molecular flexibility index (Phi) is 4.25. The normalized spacial score (nSPS) is 19.1. The van der Waals surface area contributed by atoms with Crippen LogP contribution in [-0.4, -0.2) is 0 Å². The second-order valence-electron chi connectivity index (χ2n) is 5.12. The Balaban J connectivity index is 2.91. The molecule has 0 N–H and O–H groups in total. The fourth-order valence-electron chi connectivity index (χ4n) is 2.44. The van der Waals surface area contributed by atoms with Gasteiger partial charge in [-0.1, -0.05) is 0 Å². The van der Waals surface area contributed by atoms with Gasteiger partial charge in [0.25, 0.3) is 0 Å². The van der Waals surface area contributed by atoms with Crippen molar-refractivity contribution in [1.82, 2.24) is 0 Å². The summed E-state index contributed by atoms with van der Waals surface area (Å²) in [5.41, 5.74) is -4.88. The van der Waals surface area contributed by atoms with Gasteiger partial charge in [0, 0.05) is 0 Å². The van der Waals surface area contributed by atoms with Crippen LogP contribution in [-0.2, 0) is 10.3 Å². The molecule has 0 spiro atoms. The smallest absolute Gasteiger partial charge is 0.200 e. The Labute approximate surface area is 138 Å². The Morgan fingerprint density at radius 2 is 1.32 bits per heavy atom. The SMILES string of the molecule is CC1=C(C#N)C(=C(C#N)C#N)OC1(C)c1c(F)c(F)c(F)c(F)c1F. The first kappa shape index (κ1) is 18.0. The summed E-state index contributed by atoms with van der Waals surface area (Å²) >= 11 is 0. The third-order valence-electron chi connectivity index (χ3n) is 3.87. The van der Waals surface area contributed by atoms with E-state index in [9.17, 15) is 27.2 Å². The number of ether oxygens (including phenoxy) is 1. The zero-order chi connectivity index (χ0) is 19.1. The molecule has 0 bridgehead atoms. The van der Waals surface area contributed by atoms with Gasteiger partial charge in [0.2, 0.25) is 5.82 Å². The highest BCUT2D eigenvalue weighted by atomic mass is 19.2. The van der Waals surface area contributed by atoms with Crippen LogP contribution in [0.25, 0.3) is 0 Å². The quantitative estimate of drug-likeness (QED) is 0.334. The lowest BCUT2D eigenvalue weighted by atomic mass is 9.86. The van der Waals surface area contributed by atoms with Crippen molar-refractivity contribution in [2.75, 3.05) is 0 Å². The molecular formula is C16H6F5N3O. The number of nitriles is 3. The first-order chi connectivity index (χ1) is 11.6. The van der Waals surface area contributed by atoms with E-state index in [1.54, 1.807) is 6.07 Å². The third-order valence-corrected chi connectivity index (χ3v) is 3.87. The van der Waals surface area contributed by atoms with E-state index in [1.807, 2.05) is 0 Å². The molecule has 9 heteroatoms. The lowest BCUT2D eigenvalue weighted by Gasteiger charge is -2.27. The van der Waals surface area contributed by atoms with Gasteiger partial charge in [0.15, 0.2) is 40.2 Å². The fraction of sp³-hybridized carbons (Fsp3) is 0.188. The number of hydrogen-bond donors (Lipinski definition) is 0. The molecule has 1 aromatic carbocycles. The molecule has 0 radical (unpaired) electrons. The van der Waals surface area contributed by atoms with Crippen LogP contribution in [0.1, 0.15) is 19.4 Å². The maximum absolute atomic E-state index is 14.1. The average Bonchev–Trinajstić information content (AvgIpc) is 2.84. The second kappa shape index (κ2) is 5.92. The molecule has 1 aliphatic heterocycles. The molecule has 126 valence electrons. The molecule has 25 heavy (non-hydrogen) atoms. The molecule has 4 nitrogen and oxygen atoms in total. The molecule has 0 fully saturated rings. The topological polar surface area (TPSA) is 80.6 Å². The lowest BCUT2D eigenvalue weighted by Crippen LogP contribution is -2.28. The van der Waals surface area contributed by atoms with Gasteiger partial charge in [-0.3, -0.25) is 0 Å². The third kappa shape index (κ3) is 2.31. The van der Waals surface area contributed by atoms with Crippen molar-refractivity contribution < 1.29 is 26.7 Å². The molecule has 0 amide bonds. The molecule has 1 aliphatic rings. The molecule has 1 atom stereocenters. The molecule has 1 aromatic rings. The van der Waals surface area contributed by atoms with Crippen molar-refractivity contribution in [3.05, 3.63) is 57.1 Å². The van der Waals surface area contributed by atoms with Crippen molar-refractivity contribution in [3.8, 4) is 18.2 Å². The van der Waals surface area contributed by atoms with E-state index in [4.69, 9.17) is 15.3 Å². The zero-order valence-corrected chi connectivity index (χ0v) is 12.6. The zero-order valence-electron chi connectivity index (χ0n) is 12.6. The van der Waals surface area contributed by atoms with E-state index >= 15 is 0 Å². The van der Waals surface area contributed by atoms with Crippen molar-refractivity contribution in [1.29, 1.82) is 15.8 Å². The van der Waals surface area contributed by atoms with Crippen molar-refractivity contribution in [2.45, 2.75) is 19.4 Å². The monoisotopic (exact) mass is 351 g/mol. The summed E-state index contributed by atoms with van der Waals surface area (Å²) < 4.78 is 73.7. The van der Waals surface area contributed by atoms with Gasteiger partial charge in [-0.05, 0) is 19.4 Å². The first-order valence-electron chi connectivity index (χ1n) is 6.52. The average molecular weight is 351 g/mol. The fourth-order valence-corrected chi connectivity index (χ4v) is 2.44. The highest BCUT2D eigenvalue weighted by Crippen LogP contribution is 2.48. The van der Waals surface area contributed by atoms with Gasteiger partial charge in [-0.15, -0.1) is 0 Å². The minimum atomic E-state index is -2.34. The van der Waals surface area contributed by atoms with E-state index in [1.165, 1.54) is 12.1 Å². The van der Waals surface area contributed by atoms with Crippen LogP contribution in [0.4, 0.5) is 22.0 Å². The van der Waals surface area contributed by atoms with Crippen LogP contribution in [0.15, 0.2) is 22.5 Å². The predicted molar refractivity (Wildman–Crippen MR) is 71.2 cm³/mol. The summed E-state index contributed by atoms with van der Waals surface area (Å²) in [5.74, 6) is -11.5. The molecule has 1 unspecified atom stereocenters. The Morgan fingerprint density at radius 1 is 0.880 bits per heavy atom.